The molecule has 1 aliphatic rings. The van der Waals surface area contributed by atoms with Crippen LogP contribution < -0.4 is 19.6 Å². The van der Waals surface area contributed by atoms with Crippen molar-refractivity contribution in [2.45, 2.75) is 13.3 Å². The van der Waals surface area contributed by atoms with E-state index in [1.165, 1.54) is 18.3 Å². The SMILES string of the molecule is CCCOc1ccc(C(=O)N/N=C/c2cc3c(cc2[N+](=O)[O-])OCO3)cc1. The Bertz CT molecular complexity index is 879. The van der Waals surface area contributed by atoms with Gasteiger partial charge in [-0.2, -0.15) is 5.10 Å². The molecule has 1 amide bonds. The topological polar surface area (TPSA) is 112 Å². The van der Waals surface area contributed by atoms with Gasteiger partial charge in [-0.1, -0.05) is 6.92 Å². The van der Waals surface area contributed by atoms with Crippen molar-refractivity contribution < 1.29 is 23.9 Å². The molecule has 0 fully saturated rings. The van der Waals surface area contributed by atoms with E-state index in [4.69, 9.17) is 14.2 Å². The van der Waals surface area contributed by atoms with Crippen LogP contribution in [0.1, 0.15) is 29.3 Å². The highest BCUT2D eigenvalue weighted by Crippen LogP contribution is 2.37. The summed E-state index contributed by atoms with van der Waals surface area (Å²) in [5, 5.41) is 15.0. The number of hydrazone groups is 1. The Balaban J connectivity index is 1.68. The Hall–Kier alpha value is -3.62. The number of hydrogen-bond donors (Lipinski definition) is 1. The highest BCUT2D eigenvalue weighted by atomic mass is 16.7. The van der Waals surface area contributed by atoms with Gasteiger partial charge in [-0.05, 0) is 36.8 Å². The van der Waals surface area contributed by atoms with Crippen molar-refractivity contribution in [3.05, 3.63) is 57.6 Å². The number of nitrogens with zero attached hydrogens (tertiary/aromatic N) is 2. The third kappa shape index (κ3) is 4.32. The summed E-state index contributed by atoms with van der Waals surface area (Å²) in [6.07, 6.45) is 2.08. The molecule has 1 aliphatic heterocycles. The summed E-state index contributed by atoms with van der Waals surface area (Å²) in [6.45, 7) is 2.61. The van der Waals surface area contributed by atoms with Crippen LogP contribution in [0.25, 0.3) is 0 Å². The summed E-state index contributed by atoms with van der Waals surface area (Å²) >= 11 is 0. The third-order valence-corrected chi connectivity index (χ3v) is 3.68. The van der Waals surface area contributed by atoms with Gasteiger partial charge in [0.15, 0.2) is 11.5 Å². The van der Waals surface area contributed by atoms with E-state index in [0.717, 1.165) is 6.42 Å². The Kier molecular flexibility index (Phi) is 5.50. The highest BCUT2D eigenvalue weighted by molar-refractivity contribution is 5.95. The van der Waals surface area contributed by atoms with Gasteiger partial charge >= 0.3 is 0 Å². The number of amides is 1. The van der Waals surface area contributed by atoms with Gasteiger partial charge in [-0.25, -0.2) is 5.43 Å². The van der Waals surface area contributed by atoms with Gasteiger partial charge < -0.3 is 14.2 Å². The second-order valence-electron chi connectivity index (χ2n) is 5.59. The molecule has 0 bridgehead atoms. The second kappa shape index (κ2) is 8.17. The summed E-state index contributed by atoms with van der Waals surface area (Å²) in [7, 11) is 0. The monoisotopic (exact) mass is 371 g/mol. The summed E-state index contributed by atoms with van der Waals surface area (Å²) in [6, 6.07) is 9.31. The van der Waals surface area contributed by atoms with Gasteiger partial charge in [0.05, 0.1) is 29.4 Å². The Morgan fingerprint density at radius 2 is 2.00 bits per heavy atom. The van der Waals surface area contributed by atoms with Crippen LogP contribution in [0, 0.1) is 10.1 Å². The first-order chi connectivity index (χ1) is 13.1. The molecule has 3 rings (SSSR count). The zero-order valence-electron chi connectivity index (χ0n) is 14.5. The summed E-state index contributed by atoms with van der Waals surface area (Å²) in [5.74, 6) is 0.911. The molecular formula is C18H17N3O6. The third-order valence-electron chi connectivity index (χ3n) is 3.68. The lowest BCUT2D eigenvalue weighted by Gasteiger charge is -2.05. The van der Waals surface area contributed by atoms with Crippen molar-refractivity contribution in [1.82, 2.24) is 5.43 Å². The van der Waals surface area contributed by atoms with E-state index in [9.17, 15) is 14.9 Å². The Morgan fingerprint density at radius 1 is 1.30 bits per heavy atom. The largest absolute Gasteiger partial charge is 0.494 e. The molecule has 0 aromatic heterocycles. The maximum Gasteiger partial charge on any atom is 0.282 e. The molecule has 140 valence electrons. The summed E-state index contributed by atoms with van der Waals surface area (Å²) < 4.78 is 15.8. The molecule has 0 spiro atoms. The first kappa shape index (κ1) is 18.2. The smallest absolute Gasteiger partial charge is 0.282 e. The lowest BCUT2D eigenvalue weighted by molar-refractivity contribution is -0.385. The van der Waals surface area contributed by atoms with E-state index in [1.54, 1.807) is 24.3 Å². The number of nitro groups is 1. The highest BCUT2D eigenvalue weighted by Gasteiger charge is 2.22. The molecule has 0 atom stereocenters. The van der Waals surface area contributed by atoms with Crippen LogP contribution >= 0.6 is 0 Å². The molecule has 2 aromatic carbocycles. The molecule has 0 unspecified atom stereocenters. The Labute approximate surface area is 154 Å². The number of hydrogen-bond acceptors (Lipinski definition) is 7. The van der Waals surface area contributed by atoms with Crippen LogP contribution in [0.15, 0.2) is 41.5 Å². The predicted octanol–water partition coefficient (Wildman–Crippen LogP) is 2.88. The fraction of sp³-hybridized carbons (Fsp3) is 0.222. The lowest BCUT2D eigenvalue weighted by atomic mass is 10.1. The number of fused-ring (bicyclic) bond motifs is 1. The maximum absolute atomic E-state index is 12.1. The van der Waals surface area contributed by atoms with Crippen molar-refractivity contribution >= 4 is 17.8 Å². The molecular weight excluding hydrogens is 354 g/mol. The molecule has 0 saturated carbocycles. The van der Waals surface area contributed by atoms with Crippen LogP contribution in [0.2, 0.25) is 0 Å². The number of benzene rings is 2. The van der Waals surface area contributed by atoms with Crippen LogP contribution in [0.3, 0.4) is 0 Å². The standard InChI is InChI=1S/C18H17N3O6/c1-2-7-25-14-5-3-12(4-6-14)18(22)20-19-10-13-8-16-17(27-11-26-16)9-15(13)21(23)24/h3-6,8-10H,2,7,11H2,1H3,(H,20,22)/b19-10+. The molecule has 9 nitrogen and oxygen atoms in total. The normalized spacial score (nSPS) is 12.2. The zero-order valence-corrected chi connectivity index (χ0v) is 14.5. The predicted molar refractivity (Wildman–Crippen MR) is 96.5 cm³/mol. The molecule has 0 aliphatic carbocycles. The fourth-order valence-electron chi connectivity index (χ4n) is 2.36. The van der Waals surface area contributed by atoms with E-state index in [2.05, 4.69) is 10.5 Å². The van der Waals surface area contributed by atoms with Crippen molar-refractivity contribution in [3.63, 3.8) is 0 Å². The van der Waals surface area contributed by atoms with Crippen LogP contribution in [-0.2, 0) is 0 Å². The van der Waals surface area contributed by atoms with E-state index >= 15 is 0 Å². The van der Waals surface area contributed by atoms with Crippen molar-refractivity contribution in [2.24, 2.45) is 5.10 Å². The minimum atomic E-state index is -0.555. The molecule has 27 heavy (non-hydrogen) atoms. The second-order valence-corrected chi connectivity index (χ2v) is 5.59. The molecule has 0 radical (unpaired) electrons. The lowest BCUT2D eigenvalue weighted by Crippen LogP contribution is -2.17. The number of nitrogens with one attached hydrogen (secondary N) is 1. The molecule has 1 heterocycles. The number of carbonyl (C=O) groups is 1. The zero-order chi connectivity index (χ0) is 19.2. The van der Waals surface area contributed by atoms with Crippen molar-refractivity contribution in [2.75, 3.05) is 13.4 Å². The van der Waals surface area contributed by atoms with E-state index < -0.39 is 10.8 Å². The number of ether oxygens (including phenoxy) is 3. The van der Waals surface area contributed by atoms with E-state index in [0.29, 0.717) is 29.4 Å². The summed E-state index contributed by atoms with van der Waals surface area (Å²) in [4.78, 5) is 22.8. The van der Waals surface area contributed by atoms with Gasteiger partial charge in [-0.3, -0.25) is 14.9 Å². The molecule has 9 heteroatoms. The number of nitro benzene ring substituents is 1. The van der Waals surface area contributed by atoms with Crippen molar-refractivity contribution in [3.8, 4) is 17.2 Å². The first-order valence-electron chi connectivity index (χ1n) is 8.22. The summed E-state index contributed by atoms with van der Waals surface area (Å²) in [5.41, 5.74) is 2.71. The van der Waals surface area contributed by atoms with Crippen LogP contribution in [0.5, 0.6) is 17.2 Å². The van der Waals surface area contributed by atoms with Gasteiger partial charge in [0.1, 0.15) is 5.75 Å². The molecule has 2 aromatic rings. The average molecular weight is 371 g/mol. The minimum Gasteiger partial charge on any atom is -0.494 e. The van der Waals surface area contributed by atoms with Gasteiger partial charge in [-0.15, -0.1) is 0 Å². The molecule has 0 saturated heterocycles. The number of carbonyl (C=O) groups excluding carboxylic acids is 1. The van der Waals surface area contributed by atoms with Gasteiger partial charge in [0, 0.05) is 5.56 Å². The fourth-order valence-corrected chi connectivity index (χ4v) is 2.36. The average Bonchev–Trinajstić information content (AvgIpc) is 3.13. The van der Waals surface area contributed by atoms with E-state index in [1.807, 2.05) is 6.92 Å². The minimum absolute atomic E-state index is 0.00177. The van der Waals surface area contributed by atoms with Crippen molar-refractivity contribution in [1.29, 1.82) is 0 Å². The Morgan fingerprint density at radius 3 is 2.67 bits per heavy atom. The van der Waals surface area contributed by atoms with Crippen LogP contribution in [0.4, 0.5) is 5.69 Å². The number of rotatable bonds is 7. The molecule has 1 N–H and O–H groups in total. The quantitative estimate of drug-likeness (QED) is 0.455. The maximum atomic E-state index is 12.1. The van der Waals surface area contributed by atoms with Gasteiger partial charge in [0.2, 0.25) is 6.79 Å². The van der Waals surface area contributed by atoms with Gasteiger partial charge in [0.25, 0.3) is 11.6 Å². The van der Waals surface area contributed by atoms with Crippen LogP contribution in [-0.4, -0.2) is 30.4 Å². The first-order valence-corrected chi connectivity index (χ1v) is 8.22. The van der Waals surface area contributed by atoms with E-state index in [-0.39, 0.29) is 18.0 Å².